The molecular weight excluding hydrogens is 256 g/mol. The van der Waals surface area contributed by atoms with E-state index in [1.807, 2.05) is 38.1 Å². The maximum Gasteiger partial charge on any atom is 0.257 e. The van der Waals surface area contributed by atoms with Crippen LogP contribution in [0.15, 0.2) is 28.8 Å². The second-order valence-corrected chi connectivity index (χ2v) is 4.60. The maximum atomic E-state index is 5.65. The molecule has 102 valence electrons. The number of aryl methyl sites for hydroxylation is 1. The zero-order valence-electron chi connectivity index (χ0n) is 11.2. The predicted octanol–water partition coefficient (Wildman–Crippen LogP) is 1.58. The van der Waals surface area contributed by atoms with E-state index in [0.29, 0.717) is 24.1 Å². The average Bonchev–Trinajstić information content (AvgIpc) is 3.02. The molecule has 0 aliphatic heterocycles. The first-order valence-electron chi connectivity index (χ1n) is 6.18. The molecule has 0 saturated heterocycles. The number of rotatable bonds is 3. The monoisotopic (exact) mass is 270 g/mol. The average molecular weight is 270 g/mol. The second kappa shape index (κ2) is 4.76. The van der Waals surface area contributed by atoms with E-state index in [4.69, 9.17) is 10.3 Å². The number of nitrogen functional groups attached to an aromatic ring is 1. The molecule has 7 nitrogen and oxygen atoms in total. The molecule has 0 fully saturated rings. The second-order valence-electron chi connectivity index (χ2n) is 4.60. The maximum absolute atomic E-state index is 5.65. The van der Waals surface area contributed by atoms with Crippen molar-refractivity contribution in [3.8, 4) is 11.5 Å². The van der Waals surface area contributed by atoms with Crippen molar-refractivity contribution in [2.75, 3.05) is 5.73 Å². The lowest BCUT2D eigenvalue weighted by atomic mass is 10.1. The zero-order chi connectivity index (χ0) is 14.1. The van der Waals surface area contributed by atoms with E-state index in [1.54, 1.807) is 4.68 Å². The highest BCUT2D eigenvalue weighted by molar-refractivity contribution is 5.53. The summed E-state index contributed by atoms with van der Waals surface area (Å²) in [5, 5.41) is 11.7. The van der Waals surface area contributed by atoms with Crippen molar-refractivity contribution in [2.24, 2.45) is 0 Å². The Bertz CT molecular complexity index is 728. The Morgan fingerprint density at radius 2 is 1.95 bits per heavy atom. The lowest BCUT2D eigenvalue weighted by Gasteiger charge is -1.97. The van der Waals surface area contributed by atoms with Crippen LogP contribution < -0.4 is 5.73 Å². The Labute approximate surface area is 115 Å². The number of hydrogen-bond donors (Lipinski definition) is 1. The molecule has 2 N–H and O–H groups in total. The molecule has 7 heteroatoms. The van der Waals surface area contributed by atoms with Gasteiger partial charge < -0.3 is 10.3 Å². The molecule has 3 rings (SSSR count). The zero-order valence-corrected chi connectivity index (χ0v) is 11.2. The lowest BCUT2D eigenvalue weighted by Crippen LogP contribution is -2.05. The molecule has 0 saturated carbocycles. The van der Waals surface area contributed by atoms with Gasteiger partial charge in [-0.1, -0.05) is 28.1 Å². The van der Waals surface area contributed by atoms with Crippen molar-refractivity contribution in [3.05, 3.63) is 41.3 Å². The van der Waals surface area contributed by atoms with Crippen LogP contribution in [0.1, 0.15) is 17.1 Å². The summed E-state index contributed by atoms with van der Waals surface area (Å²) in [6.07, 6.45) is 0. The molecule has 20 heavy (non-hydrogen) atoms. The number of anilines is 1. The fourth-order valence-electron chi connectivity index (χ4n) is 1.79. The van der Waals surface area contributed by atoms with Crippen LogP contribution in [0.2, 0.25) is 0 Å². The van der Waals surface area contributed by atoms with Gasteiger partial charge in [0.2, 0.25) is 0 Å². The SMILES string of the molecule is Cc1ccc(-c2nc(Cn3nnc(N)c3C)no2)cc1. The van der Waals surface area contributed by atoms with Crippen LogP contribution in [0.3, 0.4) is 0 Å². The Morgan fingerprint density at radius 1 is 1.20 bits per heavy atom. The van der Waals surface area contributed by atoms with E-state index in [0.717, 1.165) is 11.3 Å². The van der Waals surface area contributed by atoms with Crippen molar-refractivity contribution in [2.45, 2.75) is 20.4 Å². The molecule has 0 atom stereocenters. The molecule has 3 aromatic rings. The highest BCUT2D eigenvalue weighted by Gasteiger charge is 2.12. The minimum absolute atomic E-state index is 0.380. The van der Waals surface area contributed by atoms with Crippen molar-refractivity contribution in [1.29, 1.82) is 0 Å². The van der Waals surface area contributed by atoms with E-state index in [1.165, 1.54) is 5.56 Å². The first-order chi connectivity index (χ1) is 9.63. The molecule has 2 aromatic heterocycles. The third-order valence-corrected chi connectivity index (χ3v) is 3.08. The van der Waals surface area contributed by atoms with Gasteiger partial charge in [0.15, 0.2) is 11.6 Å². The minimum atomic E-state index is 0.380. The summed E-state index contributed by atoms with van der Waals surface area (Å²) in [5.41, 5.74) is 8.51. The Hall–Kier alpha value is -2.70. The van der Waals surface area contributed by atoms with Gasteiger partial charge in [0, 0.05) is 5.56 Å². The van der Waals surface area contributed by atoms with Crippen molar-refractivity contribution in [3.63, 3.8) is 0 Å². The van der Waals surface area contributed by atoms with Gasteiger partial charge in [-0.15, -0.1) is 5.10 Å². The number of aromatic nitrogens is 5. The Morgan fingerprint density at radius 3 is 2.60 bits per heavy atom. The largest absolute Gasteiger partial charge is 0.381 e. The molecule has 0 aliphatic carbocycles. The van der Waals surface area contributed by atoms with Gasteiger partial charge in [-0.2, -0.15) is 4.98 Å². The minimum Gasteiger partial charge on any atom is -0.381 e. The third kappa shape index (κ3) is 2.25. The first kappa shape index (κ1) is 12.3. The van der Waals surface area contributed by atoms with Gasteiger partial charge in [-0.05, 0) is 26.0 Å². The number of hydrogen-bond acceptors (Lipinski definition) is 6. The third-order valence-electron chi connectivity index (χ3n) is 3.08. The molecule has 0 radical (unpaired) electrons. The van der Waals surface area contributed by atoms with Crippen LogP contribution >= 0.6 is 0 Å². The van der Waals surface area contributed by atoms with E-state index < -0.39 is 0 Å². The van der Waals surface area contributed by atoms with Gasteiger partial charge in [0.1, 0.15) is 6.54 Å². The van der Waals surface area contributed by atoms with Crippen LogP contribution in [0.5, 0.6) is 0 Å². The van der Waals surface area contributed by atoms with E-state index in [9.17, 15) is 0 Å². The Balaban J connectivity index is 1.83. The van der Waals surface area contributed by atoms with Crippen molar-refractivity contribution < 1.29 is 4.52 Å². The van der Waals surface area contributed by atoms with Crippen LogP contribution in [-0.4, -0.2) is 25.1 Å². The molecule has 0 unspecified atom stereocenters. The van der Waals surface area contributed by atoms with Gasteiger partial charge in [-0.3, -0.25) is 0 Å². The number of nitrogens with two attached hydrogens (primary N) is 1. The summed E-state index contributed by atoms with van der Waals surface area (Å²) in [6, 6.07) is 7.90. The van der Waals surface area contributed by atoms with Gasteiger partial charge in [0.25, 0.3) is 5.89 Å². The lowest BCUT2D eigenvalue weighted by molar-refractivity contribution is 0.418. The smallest absolute Gasteiger partial charge is 0.257 e. The number of benzene rings is 1. The molecule has 0 aliphatic rings. The molecule has 0 amide bonds. The molecule has 2 heterocycles. The fourth-order valence-corrected chi connectivity index (χ4v) is 1.79. The standard InChI is InChI=1S/C13H14N6O/c1-8-3-5-10(6-4-8)13-15-11(17-20-13)7-19-9(2)12(14)16-18-19/h3-6H,7,14H2,1-2H3. The fraction of sp³-hybridized carbons (Fsp3) is 0.231. The van der Waals surface area contributed by atoms with E-state index in [-0.39, 0.29) is 0 Å². The summed E-state index contributed by atoms with van der Waals surface area (Å²) < 4.78 is 6.89. The Kier molecular flexibility index (Phi) is 2.94. The highest BCUT2D eigenvalue weighted by atomic mass is 16.5. The summed E-state index contributed by atoms with van der Waals surface area (Å²) in [6.45, 7) is 4.25. The summed E-state index contributed by atoms with van der Waals surface area (Å²) >= 11 is 0. The topological polar surface area (TPSA) is 95.7 Å². The van der Waals surface area contributed by atoms with Crippen LogP contribution in [0, 0.1) is 13.8 Å². The van der Waals surface area contributed by atoms with Crippen LogP contribution in [-0.2, 0) is 6.54 Å². The number of nitrogens with zero attached hydrogens (tertiary/aromatic N) is 5. The predicted molar refractivity (Wildman–Crippen MR) is 72.7 cm³/mol. The quantitative estimate of drug-likeness (QED) is 0.776. The summed E-state index contributed by atoms with van der Waals surface area (Å²) in [5.74, 6) is 1.44. The first-order valence-corrected chi connectivity index (χ1v) is 6.18. The van der Waals surface area contributed by atoms with Gasteiger partial charge in [0.05, 0.1) is 5.69 Å². The van der Waals surface area contributed by atoms with Crippen molar-refractivity contribution >= 4 is 5.82 Å². The van der Waals surface area contributed by atoms with Crippen molar-refractivity contribution in [1.82, 2.24) is 25.1 Å². The molecule has 0 bridgehead atoms. The molecule has 1 aromatic carbocycles. The van der Waals surface area contributed by atoms with E-state index >= 15 is 0 Å². The normalized spacial score (nSPS) is 10.9. The van der Waals surface area contributed by atoms with Gasteiger partial charge >= 0.3 is 0 Å². The van der Waals surface area contributed by atoms with E-state index in [2.05, 4.69) is 20.5 Å². The highest BCUT2D eigenvalue weighted by Crippen LogP contribution is 2.18. The van der Waals surface area contributed by atoms with Crippen LogP contribution in [0.25, 0.3) is 11.5 Å². The summed E-state index contributed by atoms with van der Waals surface area (Å²) in [7, 11) is 0. The van der Waals surface area contributed by atoms with Gasteiger partial charge in [-0.25, -0.2) is 4.68 Å². The van der Waals surface area contributed by atoms with Crippen LogP contribution in [0.4, 0.5) is 5.82 Å². The summed E-state index contributed by atoms with van der Waals surface area (Å²) in [4.78, 5) is 4.35. The molecular formula is C13H14N6O. The molecule has 0 spiro atoms.